The minimum atomic E-state index is 0.152. The van der Waals surface area contributed by atoms with Gasteiger partial charge in [0.05, 0.1) is 6.61 Å². The third kappa shape index (κ3) is 5.31. The first-order valence-electron chi connectivity index (χ1n) is 7.32. The maximum atomic E-state index is 9.26. The number of halogens is 1. The predicted octanol–water partition coefficient (Wildman–Crippen LogP) is 3.29. The molecule has 0 aliphatic heterocycles. The van der Waals surface area contributed by atoms with Gasteiger partial charge in [-0.05, 0) is 50.1 Å². The summed E-state index contributed by atoms with van der Waals surface area (Å²) in [6.45, 7) is 11.2. The lowest BCUT2D eigenvalue weighted by Crippen LogP contribution is -2.34. The van der Waals surface area contributed by atoms with Gasteiger partial charge in [-0.2, -0.15) is 0 Å². The molecule has 0 fully saturated rings. The van der Waals surface area contributed by atoms with Crippen LogP contribution in [0.1, 0.15) is 33.3 Å². The Kier molecular flexibility index (Phi) is 7.35. The fraction of sp³-hybridized carbons (Fsp3) is 0.625. The van der Waals surface area contributed by atoms with Gasteiger partial charge in [0.1, 0.15) is 0 Å². The van der Waals surface area contributed by atoms with Crippen molar-refractivity contribution in [1.82, 2.24) is 5.32 Å². The standard InChI is InChI=1S/C16H27ClN2O/c1-12(2)10-18-11-14-9-15(17)5-6-16(14)19(7-8-20)13(3)4/h5-6,9,12-13,18,20H,7-8,10-11H2,1-4H3. The first kappa shape index (κ1) is 17.3. The SMILES string of the molecule is CC(C)CNCc1cc(Cl)ccc1N(CCO)C(C)C. The highest BCUT2D eigenvalue weighted by molar-refractivity contribution is 6.30. The van der Waals surface area contributed by atoms with Gasteiger partial charge in [0.15, 0.2) is 0 Å². The molecule has 4 heteroatoms. The molecule has 1 aromatic carbocycles. The average molecular weight is 299 g/mol. The van der Waals surface area contributed by atoms with Crippen LogP contribution in [0, 0.1) is 5.92 Å². The van der Waals surface area contributed by atoms with Gasteiger partial charge in [0.25, 0.3) is 0 Å². The van der Waals surface area contributed by atoms with Crippen molar-refractivity contribution in [2.75, 3.05) is 24.6 Å². The van der Waals surface area contributed by atoms with E-state index in [-0.39, 0.29) is 6.61 Å². The largest absolute Gasteiger partial charge is 0.395 e. The van der Waals surface area contributed by atoms with Crippen LogP contribution in [0.2, 0.25) is 5.02 Å². The van der Waals surface area contributed by atoms with E-state index in [4.69, 9.17) is 11.6 Å². The zero-order chi connectivity index (χ0) is 15.1. The van der Waals surface area contributed by atoms with Gasteiger partial charge in [-0.15, -0.1) is 0 Å². The van der Waals surface area contributed by atoms with E-state index in [9.17, 15) is 5.11 Å². The van der Waals surface area contributed by atoms with Gasteiger partial charge in [0.2, 0.25) is 0 Å². The Labute approximate surface area is 127 Å². The van der Waals surface area contributed by atoms with Crippen LogP contribution in [0.5, 0.6) is 0 Å². The minimum absolute atomic E-state index is 0.152. The number of aliphatic hydroxyl groups excluding tert-OH is 1. The summed E-state index contributed by atoms with van der Waals surface area (Å²) >= 11 is 6.12. The highest BCUT2D eigenvalue weighted by Gasteiger charge is 2.14. The van der Waals surface area contributed by atoms with E-state index in [0.717, 1.165) is 23.8 Å². The molecule has 0 amide bonds. The third-order valence-electron chi connectivity index (χ3n) is 3.18. The molecule has 0 heterocycles. The Hall–Kier alpha value is -0.770. The van der Waals surface area contributed by atoms with Crippen molar-refractivity contribution in [3.05, 3.63) is 28.8 Å². The number of nitrogens with zero attached hydrogens (tertiary/aromatic N) is 1. The van der Waals surface area contributed by atoms with E-state index in [1.807, 2.05) is 18.2 Å². The first-order valence-corrected chi connectivity index (χ1v) is 7.70. The second kappa shape index (κ2) is 8.50. The average Bonchev–Trinajstić information content (AvgIpc) is 2.36. The maximum absolute atomic E-state index is 9.26. The highest BCUT2D eigenvalue weighted by atomic mass is 35.5. The van der Waals surface area contributed by atoms with Crippen molar-refractivity contribution in [3.8, 4) is 0 Å². The Morgan fingerprint density at radius 3 is 2.50 bits per heavy atom. The molecule has 0 radical (unpaired) electrons. The smallest absolute Gasteiger partial charge is 0.0606 e. The van der Waals surface area contributed by atoms with Gasteiger partial charge >= 0.3 is 0 Å². The van der Waals surface area contributed by atoms with Crippen molar-refractivity contribution in [2.24, 2.45) is 5.92 Å². The quantitative estimate of drug-likeness (QED) is 0.773. The van der Waals surface area contributed by atoms with E-state index in [1.165, 1.54) is 5.56 Å². The fourth-order valence-electron chi connectivity index (χ4n) is 2.24. The van der Waals surface area contributed by atoms with Crippen LogP contribution in [0.15, 0.2) is 18.2 Å². The van der Waals surface area contributed by atoms with Crippen LogP contribution < -0.4 is 10.2 Å². The predicted molar refractivity (Wildman–Crippen MR) is 87.6 cm³/mol. The second-order valence-electron chi connectivity index (χ2n) is 5.81. The van der Waals surface area contributed by atoms with Crippen LogP contribution in [0.25, 0.3) is 0 Å². The molecular weight excluding hydrogens is 272 g/mol. The molecule has 0 spiro atoms. The molecule has 20 heavy (non-hydrogen) atoms. The molecule has 1 rings (SSSR count). The van der Waals surface area contributed by atoms with Gasteiger partial charge < -0.3 is 15.3 Å². The molecule has 0 unspecified atom stereocenters. The maximum Gasteiger partial charge on any atom is 0.0606 e. The lowest BCUT2D eigenvalue weighted by molar-refractivity contribution is 0.299. The number of rotatable bonds is 8. The minimum Gasteiger partial charge on any atom is -0.395 e. The number of hydrogen-bond acceptors (Lipinski definition) is 3. The molecule has 2 N–H and O–H groups in total. The van der Waals surface area contributed by atoms with Gasteiger partial charge in [-0.1, -0.05) is 25.4 Å². The van der Waals surface area contributed by atoms with Crippen molar-refractivity contribution >= 4 is 17.3 Å². The van der Waals surface area contributed by atoms with Gasteiger partial charge in [0, 0.05) is 29.8 Å². The number of aliphatic hydroxyl groups is 1. The highest BCUT2D eigenvalue weighted by Crippen LogP contribution is 2.26. The van der Waals surface area contributed by atoms with E-state index >= 15 is 0 Å². The summed E-state index contributed by atoms with van der Waals surface area (Å²) in [4.78, 5) is 2.21. The molecule has 0 saturated carbocycles. The van der Waals surface area contributed by atoms with Crippen molar-refractivity contribution < 1.29 is 5.11 Å². The zero-order valence-electron chi connectivity index (χ0n) is 13.0. The van der Waals surface area contributed by atoms with Gasteiger partial charge in [-0.25, -0.2) is 0 Å². The lowest BCUT2D eigenvalue weighted by Gasteiger charge is -2.30. The van der Waals surface area contributed by atoms with E-state index in [2.05, 4.69) is 37.9 Å². The number of anilines is 1. The summed E-state index contributed by atoms with van der Waals surface area (Å²) in [6.07, 6.45) is 0. The summed E-state index contributed by atoms with van der Waals surface area (Å²) in [5, 5.41) is 13.5. The molecule has 0 bridgehead atoms. The van der Waals surface area contributed by atoms with Crippen LogP contribution >= 0.6 is 11.6 Å². The topological polar surface area (TPSA) is 35.5 Å². The summed E-state index contributed by atoms with van der Waals surface area (Å²) in [6, 6.07) is 6.31. The first-order chi connectivity index (χ1) is 9.45. The molecule has 0 atom stereocenters. The van der Waals surface area contributed by atoms with Gasteiger partial charge in [-0.3, -0.25) is 0 Å². The fourth-order valence-corrected chi connectivity index (χ4v) is 2.43. The zero-order valence-corrected chi connectivity index (χ0v) is 13.7. The van der Waals surface area contributed by atoms with Crippen molar-refractivity contribution in [2.45, 2.75) is 40.3 Å². The van der Waals surface area contributed by atoms with Crippen LogP contribution in [-0.2, 0) is 6.54 Å². The van der Waals surface area contributed by atoms with Crippen molar-refractivity contribution in [1.29, 1.82) is 0 Å². The third-order valence-corrected chi connectivity index (χ3v) is 3.42. The Morgan fingerprint density at radius 1 is 1.25 bits per heavy atom. The van der Waals surface area contributed by atoms with Crippen LogP contribution in [0.3, 0.4) is 0 Å². The van der Waals surface area contributed by atoms with E-state index in [0.29, 0.717) is 18.5 Å². The molecule has 0 saturated heterocycles. The molecule has 3 nitrogen and oxygen atoms in total. The number of nitrogens with one attached hydrogen (secondary N) is 1. The Bertz CT molecular complexity index is 407. The van der Waals surface area contributed by atoms with Crippen LogP contribution in [0.4, 0.5) is 5.69 Å². The summed E-state index contributed by atoms with van der Waals surface area (Å²) in [5.41, 5.74) is 2.33. The normalized spacial score (nSPS) is 11.4. The molecule has 114 valence electrons. The summed E-state index contributed by atoms with van der Waals surface area (Å²) in [7, 11) is 0. The Balaban J connectivity index is 2.92. The van der Waals surface area contributed by atoms with E-state index < -0.39 is 0 Å². The molecule has 0 aromatic heterocycles. The lowest BCUT2D eigenvalue weighted by atomic mass is 10.1. The molecule has 0 aliphatic rings. The Morgan fingerprint density at radius 2 is 1.95 bits per heavy atom. The molecule has 1 aromatic rings. The second-order valence-corrected chi connectivity index (χ2v) is 6.24. The molecule has 0 aliphatic carbocycles. The number of benzene rings is 1. The number of hydrogen-bond donors (Lipinski definition) is 2. The van der Waals surface area contributed by atoms with Crippen molar-refractivity contribution in [3.63, 3.8) is 0 Å². The van der Waals surface area contributed by atoms with E-state index in [1.54, 1.807) is 0 Å². The molecular formula is C16H27ClN2O. The summed E-state index contributed by atoms with van der Waals surface area (Å²) < 4.78 is 0. The summed E-state index contributed by atoms with van der Waals surface area (Å²) in [5.74, 6) is 0.622. The van der Waals surface area contributed by atoms with Crippen LogP contribution in [-0.4, -0.2) is 30.8 Å². The monoisotopic (exact) mass is 298 g/mol.